The summed E-state index contributed by atoms with van der Waals surface area (Å²) in [6.07, 6.45) is 6.85. The molecule has 2 heterocycles. The van der Waals surface area contributed by atoms with Gasteiger partial charge in [-0.2, -0.15) is 0 Å². The van der Waals surface area contributed by atoms with Crippen molar-refractivity contribution in [1.29, 1.82) is 0 Å². The Hall–Kier alpha value is -3.26. The van der Waals surface area contributed by atoms with Gasteiger partial charge in [0.05, 0.1) is 0 Å². The SMILES string of the molecule is Cc1ccc2c(c1)C1C=C(c3cc(C)c4oc5ccccc5c4c3)C=CC1O2. The van der Waals surface area contributed by atoms with Crippen LogP contribution in [0.5, 0.6) is 5.75 Å². The van der Waals surface area contributed by atoms with Gasteiger partial charge in [0.2, 0.25) is 0 Å². The van der Waals surface area contributed by atoms with Gasteiger partial charge in [-0.3, -0.25) is 0 Å². The van der Waals surface area contributed by atoms with Gasteiger partial charge in [0.15, 0.2) is 0 Å². The topological polar surface area (TPSA) is 22.4 Å². The first-order valence-electron chi connectivity index (χ1n) is 9.77. The van der Waals surface area contributed by atoms with Gasteiger partial charge in [-0.25, -0.2) is 0 Å². The molecule has 1 aliphatic carbocycles. The van der Waals surface area contributed by atoms with Crippen molar-refractivity contribution in [1.82, 2.24) is 0 Å². The number of furan rings is 1. The number of rotatable bonds is 1. The number of ether oxygens (including phenoxy) is 1. The van der Waals surface area contributed by atoms with Gasteiger partial charge in [0.1, 0.15) is 23.0 Å². The fraction of sp³-hybridized carbons (Fsp3) is 0.154. The summed E-state index contributed by atoms with van der Waals surface area (Å²) in [7, 11) is 0. The van der Waals surface area contributed by atoms with Crippen LogP contribution in [0.4, 0.5) is 0 Å². The summed E-state index contributed by atoms with van der Waals surface area (Å²) in [6.45, 7) is 4.26. The summed E-state index contributed by atoms with van der Waals surface area (Å²) < 4.78 is 12.2. The van der Waals surface area contributed by atoms with E-state index in [2.05, 4.69) is 74.5 Å². The second-order valence-electron chi connectivity index (χ2n) is 7.90. The van der Waals surface area contributed by atoms with Crippen molar-refractivity contribution in [3.05, 3.63) is 95.1 Å². The average Bonchev–Trinajstić information content (AvgIpc) is 3.26. The zero-order valence-corrected chi connectivity index (χ0v) is 15.9. The summed E-state index contributed by atoms with van der Waals surface area (Å²) in [4.78, 5) is 0. The molecule has 1 aromatic heterocycles. The Kier molecular flexibility index (Phi) is 3.16. The predicted molar refractivity (Wildman–Crippen MR) is 114 cm³/mol. The molecule has 2 atom stereocenters. The van der Waals surface area contributed by atoms with E-state index in [1.54, 1.807) is 0 Å². The third-order valence-corrected chi connectivity index (χ3v) is 5.96. The van der Waals surface area contributed by atoms with E-state index in [0.29, 0.717) is 0 Å². The largest absolute Gasteiger partial charge is 0.485 e. The highest BCUT2D eigenvalue weighted by atomic mass is 16.5. The Bertz CT molecular complexity index is 1320. The quantitative estimate of drug-likeness (QED) is 0.375. The molecule has 1 aliphatic heterocycles. The highest BCUT2D eigenvalue weighted by molar-refractivity contribution is 6.07. The molecule has 2 aliphatic rings. The Morgan fingerprint density at radius 2 is 1.79 bits per heavy atom. The standard InChI is InChI=1S/C26H20O2/c1-15-7-9-24-20(11-15)21-13-17(8-10-25(21)27-24)18-12-16(2)26-22(14-18)19-5-3-4-6-23(19)28-26/h3-14,21,25H,1-2H3. The van der Waals surface area contributed by atoms with Gasteiger partial charge in [-0.1, -0.05) is 48.0 Å². The minimum atomic E-state index is 0.0973. The van der Waals surface area contributed by atoms with Gasteiger partial charge < -0.3 is 9.15 Å². The first kappa shape index (κ1) is 15.8. The number of allylic oxidation sites excluding steroid dienone is 2. The second-order valence-corrected chi connectivity index (χ2v) is 7.90. The van der Waals surface area contributed by atoms with E-state index in [1.807, 2.05) is 12.1 Å². The highest BCUT2D eigenvalue weighted by Crippen LogP contribution is 2.44. The van der Waals surface area contributed by atoms with Crippen LogP contribution in [0, 0.1) is 13.8 Å². The van der Waals surface area contributed by atoms with Crippen LogP contribution in [0.15, 0.2) is 77.2 Å². The van der Waals surface area contributed by atoms with E-state index in [4.69, 9.17) is 9.15 Å². The van der Waals surface area contributed by atoms with Gasteiger partial charge in [0.25, 0.3) is 0 Å². The first-order valence-corrected chi connectivity index (χ1v) is 9.77. The molecule has 0 N–H and O–H groups in total. The molecule has 2 unspecified atom stereocenters. The smallest absolute Gasteiger partial charge is 0.138 e. The number of benzene rings is 3. The molecule has 6 rings (SSSR count). The molecule has 28 heavy (non-hydrogen) atoms. The molecule has 136 valence electrons. The fourth-order valence-electron chi connectivity index (χ4n) is 4.58. The Balaban J connectivity index is 1.51. The molecule has 0 amide bonds. The van der Waals surface area contributed by atoms with E-state index in [0.717, 1.165) is 16.9 Å². The number of hydrogen-bond acceptors (Lipinski definition) is 2. The number of fused-ring (bicyclic) bond motifs is 6. The third-order valence-electron chi connectivity index (χ3n) is 5.96. The van der Waals surface area contributed by atoms with E-state index < -0.39 is 0 Å². The Morgan fingerprint density at radius 3 is 2.71 bits per heavy atom. The van der Waals surface area contributed by atoms with Crippen molar-refractivity contribution in [2.75, 3.05) is 0 Å². The molecule has 3 aromatic carbocycles. The van der Waals surface area contributed by atoms with Crippen molar-refractivity contribution in [2.24, 2.45) is 0 Å². The van der Waals surface area contributed by atoms with Crippen molar-refractivity contribution in [3.63, 3.8) is 0 Å². The lowest BCUT2D eigenvalue weighted by atomic mass is 9.86. The molecule has 0 saturated heterocycles. The summed E-state index contributed by atoms with van der Waals surface area (Å²) in [5, 5.41) is 2.35. The van der Waals surface area contributed by atoms with Crippen LogP contribution in [0.3, 0.4) is 0 Å². The molecule has 0 fully saturated rings. The Morgan fingerprint density at radius 1 is 0.893 bits per heavy atom. The Labute approximate surface area is 163 Å². The third kappa shape index (κ3) is 2.21. The predicted octanol–water partition coefficient (Wildman–Crippen LogP) is 6.70. The first-order chi connectivity index (χ1) is 13.7. The van der Waals surface area contributed by atoms with E-state index in [-0.39, 0.29) is 12.0 Å². The van der Waals surface area contributed by atoms with Crippen LogP contribution in [-0.2, 0) is 0 Å². The zero-order chi connectivity index (χ0) is 18.8. The molecule has 2 nitrogen and oxygen atoms in total. The van der Waals surface area contributed by atoms with Crippen molar-refractivity contribution >= 4 is 27.5 Å². The maximum Gasteiger partial charge on any atom is 0.138 e. The molecule has 4 aromatic rings. The summed E-state index contributed by atoms with van der Waals surface area (Å²) in [6, 6.07) is 19.2. The van der Waals surface area contributed by atoms with Crippen LogP contribution >= 0.6 is 0 Å². The molecule has 0 saturated carbocycles. The highest BCUT2D eigenvalue weighted by Gasteiger charge is 2.33. The number of hydrogen-bond donors (Lipinski definition) is 0. The number of aryl methyl sites for hydroxylation is 2. The van der Waals surface area contributed by atoms with E-state index >= 15 is 0 Å². The van der Waals surface area contributed by atoms with E-state index in [1.165, 1.54) is 38.6 Å². The normalized spacial score (nSPS) is 20.1. The molecule has 0 radical (unpaired) electrons. The van der Waals surface area contributed by atoms with Crippen molar-refractivity contribution in [2.45, 2.75) is 25.9 Å². The molecule has 0 spiro atoms. The molecule has 2 heteroatoms. The van der Waals surface area contributed by atoms with Crippen LogP contribution in [0.25, 0.3) is 27.5 Å². The lowest BCUT2D eigenvalue weighted by molar-refractivity contribution is 0.269. The maximum absolute atomic E-state index is 6.14. The van der Waals surface area contributed by atoms with Crippen molar-refractivity contribution < 1.29 is 9.15 Å². The molecular formula is C26H20O2. The lowest BCUT2D eigenvalue weighted by Crippen LogP contribution is -2.17. The lowest BCUT2D eigenvalue weighted by Gasteiger charge is -2.19. The van der Waals surface area contributed by atoms with E-state index in [9.17, 15) is 0 Å². The summed E-state index contributed by atoms with van der Waals surface area (Å²) >= 11 is 0. The monoisotopic (exact) mass is 364 g/mol. The minimum Gasteiger partial charge on any atom is -0.485 e. The number of para-hydroxylation sites is 1. The van der Waals surface area contributed by atoms with Crippen LogP contribution < -0.4 is 4.74 Å². The molecule has 0 bridgehead atoms. The molecular weight excluding hydrogens is 344 g/mol. The van der Waals surface area contributed by atoms with Gasteiger partial charge in [-0.05, 0) is 60.9 Å². The van der Waals surface area contributed by atoms with Crippen LogP contribution in [0.1, 0.15) is 28.2 Å². The maximum atomic E-state index is 6.14. The summed E-state index contributed by atoms with van der Waals surface area (Å²) in [5.74, 6) is 1.28. The van der Waals surface area contributed by atoms with Crippen LogP contribution in [-0.4, -0.2) is 6.10 Å². The van der Waals surface area contributed by atoms with Gasteiger partial charge >= 0.3 is 0 Å². The average molecular weight is 364 g/mol. The van der Waals surface area contributed by atoms with Crippen LogP contribution in [0.2, 0.25) is 0 Å². The second kappa shape index (κ2) is 5.62. The van der Waals surface area contributed by atoms with Crippen molar-refractivity contribution in [3.8, 4) is 5.75 Å². The van der Waals surface area contributed by atoms with Gasteiger partial charge in [0, 0.05) is 22.3 Å². The minimum absolute atomic E-state index is 0.0973. The zero-order valence-electron chi connectivity index (χ0n) is 15.9. The summed E-state index contributed by atoms with van der Waals surface area (Å²) in [5.41, 5.74) is 8.13. The fourth-order valence-corrected chi connectivity index (χ4v) is 4.58. The van der Waals surface area contributed by atoms with Gasteiger partial charge in [-0.15, -0.1) is 0 Å².